The number of ether oxygens (including phenoxy) is 2. The van der Waals surface area contributed by atoms with Crippen LogP contribution in [-0.4, -0.2) is 74.7 Å². The first-order valence-electron chi connectivity index (χ1n) is 13.6. The number of fused-ring (bicyclic) bond motifs is 2. The van der Waals surface area contributed by atoms with Crippen molar-refractivity contribution in [3.05, 3.63) is 71.5 Å². The lowest BCUT2D eigenvalue weighted by Gasteiger charge is -2.29. The molecule has 1 aliphatic heterocycles. The molecule has 3 N–H and O–H groups in total. The summed E-state index contributed by atoms with van der Waals surface area (Å²) < 4.78 is 36.3. The SMILES string of the molecule is COC1\C=C/C=C\C=C/CC(OC(=O)C(C)NS(C)(=O)=O)C(C)C(O)/C(C)=C\CCC2=CC(=O)C=C(NC(=O)C1)C2=O. The number of carbonyl (C=O) groups excluding carboxylic acids is 4. The van der Waals surface area contributed by atoms with Crippen molar-refractivity contribution in [2.45, 2.75) is 70.8 Å². The van der Waals surface area contributed by atoms with E-state index in [9.17, 15) is 32.7 Å². The van der Waals surface area contributed by atoms with E-state index >= 15 is 0 Å². The van der Waals surface area contributed by atoms with E-state index in [0.717, 1.165) is 12.3 Å². The molecule has 0 aromatic rings. The van der Waals surface area contributed by atoms with E-state index in [-0.39, 0.29) is 30.5 Å². The van der Waals surface area contributed by atoms with Crippen molar-refractivity contribution in [1.29, 1.82) is 0 Å². The quantitative estimate of drug-likeness (QED) is 0.242. The Labute approximate surface area is 247 Å². The average molecular weight is 605 g/mol. The minimum absolute atomic E-state index is 0.0775. The van der Waals surface area contributed by atoms with E-state index in [1.165, 1.54) is 20.1 Å². The fraction of sp³-hybridized carbons (Fsp3) is 0.467. The molecule has 2 bridgehead atoms. The highest BCUT2D eigenvalue weighted by atomic mass is 32.2. The number of amides is 1. The van der Waals surface area contributed by atoms with Crippen molar-refractivity contribution in [3.8, 4) is 0 Å². The van der Waals surface area contributed by atoms with Crippen LogP contribution in [0, 0.1) is 5.92 Å². The third-order valence-corrected chi connectivity index (χ3v) is 7.49. The first kappa shape index (κ1) is 34.7. The van der Waals surface area contributed by atoms with Crippen LogP contribution in [0.3, 0.4) is 0 Å². The molecule has 1 amide bonds. The van der Waals surface area contributed by atoms with Crippen LogP contribution in [0.25, 0.3) is 0 Å². The Kier molecular flexibility index (Phi) is 13.4. The summed E-state index contributed by atoms with van der Waals surface area (Å²) in [6, 6.07) is -1.13. The molecular formula is C30H40N2O9S. The van der Waals surface area contributed by atoms with E-state index in [0.29, 0.717) is 12.0 Å². The Morgan fingerprint density at radius 3 is 2.50 bits per heavy atom. The van der Waals surface area contributed by atoms with Gasteiger partial charge in [-0.2, -0.15) is 0 Å². The van der Waals surface area contributed by atoms with Crippen LogP contribution in [0.15, 0.2) is 71.5 Å². The van der Waals surface area contributed by atoms with Crippen molar-refractivity contribution in [3.63, 3.8) is 0 Å². The summed E-state index contributed by atoms with van der Waals surface area (Å²) in [4.78, 5) is 50.4. The second kappa shape index (κ2) is 16.3. The maximum absolute atomic E-state index is 12.9. The molecule has 0 fully saturated rings. The van der Waals surface area contributed by atoms with Crippen molar-refractivity contribution in [1.82, 2.24) is 10.0 Å². The molecule has 1 aliphatic carbocycles. The molecule has 12 heteroatoms. The van der Waals surface area contributed by atoms with Gasteiger partial charge in [0.15, 0.2) is 5.78 Å². The zero-order valence-electron chi connectivity index (χ0n) is 24.5. The lowest BCUT2D eigenvalue weighted by atomic mass is 9.90. The van der Waals surface area contributed by atoms with Gasteiger partial charge in [0.1, 0.15) is 12.1 Å². The monoisotopic (exact) mass is 604 g/mol. The first-order valence-corrected chi connectivity index (χ1v) is 15.5. The molecule has 0 radical (unpaired) electrons. The normalized spacial score (nSPS) is 29.4. The van der Waals surface area contributed by atoms with E-state index < -0.39 is 63.7 Å². The molecule has 2 rings (SSSR count). The maximum Gasteiger partial charge on any atom is 0.324 e. The minimum Gasteiger partial charge on any atom is -0.460 e. The number of methoxy groups -OCH3 is 1. The van der Waals surface area contributed by atoms with Gasteiger partial charge in [0.05, 0.1) is 30.6 Å². The molecular weight excluding hydrogens is 564 g/mol. The number of nitrogens with one attached hydrogen (secondary N) is 2. The highest BCUT2D eigenvalue weighted by Crippen LogP contribution is 2.24. The largest absolute Gasteiger partial charge is 0.460 e. The Balaban J connectivity index is 2.35. The molecule has 0 saturated carbocycles. The number of aliphatic hydroxyl groups excluding tert-OH is 1. The number of rotatable bonds is 5. The summed E-state index contributed by atoms with van der Waals surface area (Å²) in [5.74, 6) is -2.73. The molecule has 0 spiro atoms. The third-order valence-electron chi connectivity index (χ3n) is 6.71. The summed E-state index contributed by atoms with van der Waals surface area (Å²) in [6.45, 7) is 4.79. The fourth-order valence-electron chi connectivity index (χ4n) is 4.34. The Morgan fingerprint density at radius 1 is 1.14 bits per heavy atom. The van der Waals surface area contributed by atoms with Gasteiger partial charge in [0, 0.05) is 31.1 Å². The number of Topliss-reactive ketones (excluding diaryl/α,β-unsaturated/α-hetero) is 1. The van der Waals surface area contributed by atoms with Crippen LogP contribution in [0.1, 0.15) is 46.5 Å². The van der Waals surface area contributed by atoms with Crippen LogP contribution < -0.4 is 10.0 Å². The summed E-state index contributed by atoms with van der Waals surface area (Å²) in [7, 11) is -2.20. The van der Waals surface area contributed by atoms with Gasteiger partial charge in [-0.25, -0.2) is 13.1 Å². The van der Waals surface area contributed by atoms with Crippen LogP contribution in [0.5, 0.6) is 0 Å². The van der Waals surface area contributed by atoms with E-state index in [1.54, 1.807) is 56.4 Å². The van der Waals surface area contributed by atoms with Gasteiger partial charge in [-0.1, -0.05) is 49.5 Å². The number of aliphatic hydroxyl groups is 1. The molecule has 0 aromatic carbocycles. The molecule has 5 unspecified atom stereocenters. The van der Waals surface area contributed by atoms with E-state index in [4.69, 9.17) is 9.47 Å². The molecule has 42 heavy (non-hydrogen) atoms. The summed E-state index contributed by atoms with van der Waals surface area (Å²) in [5.41, 5.74) is 0.694. The number of ketones is 2. The minimum atomic E-state index is -3.65. The predicted octanol–water partition coefficient (Wildman–Crippen LogP) is 2.12. The molecule has 230 valence electrons. The van der Waals surface area contributed by atoms with E-state index in [2.05, 4.69) is 10.0 Å². The first-order chi connectivity index (χ1) is 19.7. The van der Waals surface area contributed by atoms with Gasteiger partial charge in [-0.15, -0.1) is 0 Å². The van der Waals surface area contributed by atoms with Gasteiger partial charge in [-0.05, 0) is 38.3 Å². The van der Waals surface area contributed by atoms with Gasteiger partial charge in [-0.3, -0.25) is 19.2 Å². The van der Waals surface area contributed by atoms with Gasteiger partial charge < -0.3 is 19.9 Å². The van der Waals surface area contributed by atoms with Crippen LogP contribution in [0.2, 0.25) is 0 Å². The van der Waals surface area contributed by atoms with Gasteiger partial charge in [0.2, 0.25) is 21.7 Å². The fourth-order valence-corrected chi connectivity index (χ4v) is 5.08. The maximum atomic E-state index is 12.9. The molecule has 0 aromatic heterocycles. The molecule has 1 heterocycles. The summed E-state index contributed by atoms with van der Waals surface area (Å²) in [6.07, 6.45) is 13.5. The summed E-state index contributed by atoms with van der Waals surface area (Å²) in [5, 5.41) is 13.6. The average Bonchev–Trinajstić information content (AvgIpc) is 2.90. The van der Waals surface area contributed by atoms with Crippen LogP contribution in [-0.2, 0) is 38.7 Å². The van der Waals surface area contributed by atoms with Gasteiger partial charge in [0.25, 0.3) is 0 Å². The zero-order chi connectivity index (χ0) is 31.4. The van der Waals surface area contributed by atoms with Crippen molar-refractivity contribution in [2.75, 3.05) is 13.4 Å². The second-order valence-corrected chi connectivity index (χ2v) is 12.1. The summed E-state index contributed by atoms with van der Waals surface area (Å²) >= 11 is 0. The van der Waals surface area contributed by atoms with Gasteiger partial charge >= 0.3 is 5.97 Å². The lowest BCUT2D eigenvalue weighted by Crippen LogP contribution is -2.42. The molecule has 5 atom stereocenters. The zero-order valence-corrected chi connectivity index (χ0v) is 25.3. The van der Waals surface area contributed by atoms with Crippen molar-refractivity contribution >= 4 is 33.5 Å². The molecule has 11 nitrogen and oxygen atoms in total. The topological polar surface area (TPSA) is 165 Å². The predicted molar refractivity (Wildman–Crippen MR) is 157 cm³/mol. The smallest absolute Gasteiger partial charge is 0.324 e. The van der Waals surface area contributed by atoms with Crippen molar-refractivity contribution in [2.24, 2.45) is 5.92 Å². The Morgan fingerprint density at radius 2 is 1.83 bits per heavy atom. The number of carbonyl (C=O) groups is 4. The Hall–Kier alpha value is -3.45. The standard InChI is InChI=1S/C30H40N2O9S/c1-19-12-11-13-22-16-23(33)17-25(29(22)36)31-27(34)18-24(40-4)14-9-7-6-8-10-15-26(20(2)28(19)35)41-30(37)21(3)32-42(5,38)39/h6-10,12,14,16-17,20-21,24,26,28,32,35H,11,13,15,18H2,1-5H3,(H,31,34)/b7-6-,10-8-,14-9-,19-12-. The number of allylic oxidation sites excluding steroid dienone is 8. The number of hydrogen-bond donors (Lipinski definition) is 3. The number of sulfonamides is 1. The number of esters is 1. The third kappa shape index (κ3) is 11.4. The van der Waals surface area contributed by atoms with Crippen molar-refractivity contribution < 1.29 is 42.2 Å². The number of hydrogen-bond acceptors (Lipinski definition) is 9. The van der Waals surface area contributed by atoms with E-state index in [1.807, 2.05) is 0 Å². The molecule has 0 saturated heterocycles. The Bertz CT molecular complexity index is 1320. The lowest BCUT2D eigenvalue weighted by molar-refractivity contribution is -0.154. The molecule has 2 aliphatic rings. The van der Waals surface area contributed by atoms with Crippen LogP contribution in [0.4, 0.5) is 0 Å². The highest BCUT2D eigenvalue weighted by Gasteiger charge is 2.30. The highest BCUT2D eigenvalue weighted by molar-refractivity contribution is 7.88. The van der Waals surface area contributed by atoms with Crippen LogP contribution >= 0.6 is 0 Å². The second-order valence-electron chi connectivity index (χ2n) is 10.3.